The number of aliphatic imine (C=N–C) groups is 1. The first kappa shape index (κ1) is 25.2. The molecule has 0 bridgehead atoms. The number of guanidine groups is 1. The first-order valence-corrected chi connectivity index (χ1v) is 11.0. The van der Waals surface area contributed by atoms with Crippen molar-refractivity contribution in [2.45, 2.75) is 51.3 Å². The zero-order valence-electron chi connectivity index (χ0n) is 16.4. The fraction of sp³-hybridized carbons (Fsp3) is 0.632. The standard InChI is InChI=1S/C19H33N3O2S.HI/c1-5-20-19(21-14-7-6-8-16(2)3)22-15-13-17-9-11-18(12-10-17)25(4,23)24;/h9-12,16H,5-8,13-15H2,1-4H3,(H2,20,21,22);1H. The van der Waals surface area contributed by atoms with Gasteiger partial charge < -0.3 is 10.6 Å². The van der Waals surface area contributed by atoms with Gasteiger partial charge in [-0.3, -0.25) is 4.99 Å². The second-order valence-electron chi connectivity index (χ2n) is 6.74. The van der Waals surface area contributed by atoms with Crippen LogP contribution >= 0.6 is 24.0 Å². The molecule has 0 unspecified atom stereocenters. The topological polar surface area (TPSA) is 70.6 Å². The predicted molar refractivity (Wildman–Crippen MR) is 121 cm³/mol. The minimum absolute atomic E-state index is 0. The van der Waals surface area contributed by atoms with Crippen molar-refractivity contribution in [1.82, 2.24) is 10.6 Å². The number of hydrogen-bond acceptors (Lipinski definition) is 3. The molecule has 150 valence electrons. The lowest BCUT2D eigenvalue weighted by Crippen LogP contribution is -2.38. The molecule has 7 heteroatoms. The average molecular weight is 495 g/mol. The van der Waals surface area contributed by atoms with Crippen molar-refractivity contribution in [1.29, 1.82) is 0 Å². The molecule has 0 fully saturated rings. The third kappa shape index (κ3) is 11.0. The summed E-state index contributed by atoms with van der Waals surface area (Å²) >= 11 is 0. The Hall–Kier alpha value is -0.830. The summed E-state index contributed by atoms with van der Waals surface area (Å²) in [5, 5.41) is 6.59. The number of unbranched alkanes of at least 4 members (excludes halogenated alkanes) is 1. The van der Waals surface area contributed by atoms with Gasteiger partial charge in [-0.1, -0.05) is 38.8 Å². The summed E-state index contributed by atoms with van der Waals surface area (Å²) in [6.07, 6.45) is 5.63. The van der Waals surface area contributed by atoms with E-state index < -0.39 is 9.84 Å². The average Bonchev–Trinajstić information content (AvgIpc) is 2.54. The summed E-state index contributed by atoms with van der Waals surface area (Å²) in [6.45, 7) is 8.98. The maximum atomic E-state index is 11.5. The largest absolute Gasteiger partial charge is 0.357 e. The number of sulfone groups is 1. The van der Waals surface area contributed by atoms with Gasteiger partial charge in [-0.25, -0.2) is 8.42 Å². The molecule has 0 spiro atoms. The second kappa shape index (κ2) is 13.4. The SMILES string of the molecule is CCNC(=NCCCCC(C)C)NCCc1ccc(S(C)(=O)=O)cc1.I. The van der Waals surface area contributed by atoms with Crippen molar-refractivity contribution in [3.63, 3.8) is 0 Å². The molecule has 0 saturated heterocycles. The monoisotopic (exact) mass is 495 g/mol. The summed E-state index contributed by atoms with van der Waals surface area (Å²) in [4.78, 5) is 4.96. The molecule has 0 amide bonds. The number of nitrogens with zero attached hydrogens (tertiary/aromatic N) is 1. The molecule has 26 heavy (non-hydrogen) atoms. The summed E-state index contributed by atoms with van der Waals surface area (Å²) < 4.78 is 22.9. The zero-order valence-corrected chi connectivity index (χ0v) is 19.6. The van der Waals surface area contributed by atoms with Crippen LogP contribution in [0.2, 0.25) is 0 Å². The molecule has 1 aromatic rings. The molecule has 0 aliphatic rings. The normalized spacial score (nSPS) is 12.0. The molecule has 5 nitrogen and oxygen atoms in total. The predicted octanol–water partition coefficient (Wildman–Crippen LogP) is 3.63. The van der Waals surface area contributed by atoms with Crippen LogP contribution < -0.4 is 10.6 Å². The van der Waals surface area contributed by atoms with Crippen molar-refractivity contribution >= 4 is 39.8 Å². The first-order valence-electron chi connectivity index (χ1n) is 9.14. The van der Waals surface area contributed by atoms with E-state index in [1.54, 1.807) is 12.1 Å². The Morgan fingerprint density at radius 1 is 1.12 bits per heavy atom. The van der Waals surface area contributed by atoms with E-state index in [1.165, 1.54) is 19.1 Å². The van der Waals surface area contributed by atoms with Crippen LogP contribution in [0, 0.1) is 5.92 Å². The lowest BCUT2D eigenvalue weighted by atomic mass is 10.1. The fourth-order valence-electron chi connectivity index (χ4n) is 2.43. The first-order chi connectivity index (χ1) is 11.8. The summed E-state index contributed by atoms with van der Waals surface area (Å²) in [7, 11) is -3.13. The molecule has 0 aliphatic heterocycles. The van der Waals surface area contributed by atoms with Crippen LogP contribution in [0.1, 0.15) is 45.6 Å². The number of hydrogen-bond donors (Lipinski definition) is 2. The zero-order chi connectivity index (χ0) is 18.7. The van der Waals surface area contributed by atoms with Crippen LogP contribution in [0.5, 0.6) is 0 Å². The second-order valence-corrected chi connectivity index (χ2v) is 8.76. The maximum Gasteiger partial charge on any atom is 0.191 e. The summed E-state index contributed by atoms with van der Waals surface area (Å²) in [6, 6.07) is 7.07. The molecule has 0 radical (unpaired) electrons. The minimum Gasteiger partial charge on any atom is -0.357 e. The van der Waals surface area contributed by atoms with Crippen LogP contribution in [0.25, 0.3) is 0 Å². The van der Waals surface area contributed by atoms with Gasteiger partial charge in [0.1, 0.15) is 0 Å². The van der Waals surface area contributed by atoms with Crippen LogP contribution in [0.4, 0.5) is 0 Å². The molecule has 1 rings (SSSR count). The van der Waals surface area contributed by atoms with E-state index in [-0.39, 0.29) is 24.0 Å². The number of nitrogens with one attached hydrogen (secondary N) is 2. The van der Waals surface area contributed by atoms with E-state index in [1.807, 2.05) is 12.1 Å². The van der Waals surface area contributed by atoms with E-state index in [2.05, 4.69) is 36.4 Å². The molecular formula is C19H34IN3O2S. The van der Waals surface area contributed by atoms with Crippen molar-refractivity contribution in [3.8, 4) is 0 Å². The van der Waals surface area contributed by atoms with Crippen molar-refractivity contribution in [3.05, 3.63) is 29.8 Å². The Morgan fingerprint density at radius 2 is 1.77 bits per heavy atom. The van der Waals surface area contributed by atoms with Gasteiger partial charge in [-0.05, 0) is 43.4 Å². The van der Waals surface area contributed by atoms with Crippen molar-refractivity contribution < 1.29 is 8.42 Å². The molecule has 0 aromatic heterocycles. The van der Waals surface area contributed by atoms with Crippen LogP contribution in [-0.4, -0.2) is 40.3 Å². The van der Waals surface area contributed by atoms with E-state index in [9.17, 15) is 8.42 Å². The molecular weight excluding hydrogens is 461 g/mol. The molecule has 0 saturated carbocycles. The Morgan fingerprint density at radius 3 is 2.31 bits per heavy atom. The van der Waals surface area contributed by atoms with E-state index in [4.69, 9.17) is 0 Å². The highest BCUT2D eigenvalue weighted by Gasteiger charge is 2.06. The van der Waals surface area contributed by atoms with E-state index in [0.29, 0.717) is 4.90 Å². The number of halogens is 1. The lowest BCUT2D eigenvalue weighted by Gasteiger charge is -2.11. The Kier molecular flexibility index (Phi) is 12.9. The van der Waals surface area contributed by atoms with Crippen LogP contribution in [-0.2, 0) is 16.3 Å². The third-order valence-corrected chi connectivity index (χ3v) is 4.99. The lowest BCUT2D eigenvalue weighted by molar-refractivity contribution is 0.541. The van der Waals surface area contributed by atoms with Gasteiger partial charge in [-0.2, -0.15) is 0 Å². The molecule has 2 N–H and O–H groups in total. The summed E-state index contributed by atoms with van der Waals surface area (Å²) in [5.41, 5.74) is 1.10. The van der Waals surface area contributed by atoms with Gasteiger partial charge in [0.15, 0.2) is 15.8 Å². The van der Waals surface area contributed by atoms with Crippen LogP contribution in [0.3, 0.4) is 0 Å². The highest BCUT2D eigenvalue weighted by atomic mass is 127. The van der Waals surface area contributed by atoms with E-state index in [0.717, 1.165) is 49.9 Å². The Balaban J connectivity index is 0.00000625. The van der Waals surface area contributed by atoms with Crippen LogP contribution in [0.15, 0.2) is 34.2 Å². The van der Waals surface area contributed by atoms with Crippen molar-refractivity contribution in [2.24, 2.45) is 10.9 Å². The van der Waals surface area contributed by atoms with Crippen molar-refractivity contribution in [2.75, 3.05) is 25.9 Å². The highest BCUT2D eigenvalue weighted by molar-refractivity contribution is 14.0. The molecule has 0 heterocycles. The Labute approximate surface area is 176 Å². The molecule has 0 atom stereocenters. The number of rotatable bonds is 10. The van der Waals surface area contributed by atoms with Gasteiger partial charge in [0.25, 0.3) is 0 Å². The van der Waals surface area contributed by atoms with Gasteiger partial charge in [0.05, 0.1) is 4.90 Å². The van der Waals surface area contributed by atoms with Gasteiger partial charge >= 0.3 is 0 Å². The maximum absolute atomic E-state index is 11.5. The third-order valence-electron chi connectivity index (χ3n) is 3.86. The van der Waals surface area contributed by atoms with Gasteiger partial charge in [-0.15, -0.1) is 24.0 Å². The van der Waals surface area contributed by atoms with E-state index >= 15 is 0 Å². The Bertz CT molecular complexity index is 629. The summed E-state index contributed by atoms with van der Waals surface area (Å²) in [5.74, 6) is 1.60. The molecule has 1 aromatic carbocycles. The quantitative estimate of drug-likeness (QED) is 0.225. The van der Waals surface area contributed by atoms with Gasteiger partial charge in [0, 0.05) is 25.9 Å². The number of benzene rings is 1. The van der Waals surface area contributed by atoms with Gasteiger partial charge in [0.2, 0.25) is 0 Å². The highest BCUT2D eigenvalue weighted by Crippen LogP contribution is 2.10. The minimum atomic E-state index is -3.13. The smallest absolute Gasteiger partial charge is 0.191 e. The molecule has 0 aliphatic carbocycles. The fourth-order valence-corrected chi connectivity index (χ4v) is 3.06.